The molecule has 3 N–H and O–H groups in total. The van der Waals surface area contributed by atoms with Crippen LogP contribution in [0.1, 0.15) is 259 Å². The number of hydrogen-bond acceptors (Lipinski definition) is 15. The number of rotatable bonds is 72. The molecule has 0 amide bonds. The minimum absolute atomic E-state index is 0.0225. The molecule has 19 heteroatoms. The number of allylic oxidation sites excluding steroid dienone is 36. The second-order valence-electron chi connectivity index (χ2n) is 25.5. The van der Waals surface area contributed by atoms with E-state index in [-0.39, 0.29) is 25.7 Å². The average Bonchev–Trinajstić information content (AvgIpc) is 0.896. The van der Waals surface area contributed by atoms with Gasteiger partial charge in [-0.1, -0.05) is 259 Å². The van der Waals surface area contributed by atoms with Gasteiger partial charge < -0.3 is 33.8 Å². The summed E-state index contributed by atoms with van der Waals surface area (Å²) >= 11 is 0. The first kappa shape index (κ1) is 101. The Morgan fingerprint density at radius 2 is 0.454 bits per heavy atom. The third-order valence-electron chi connectivity index (χ3n) is 15.4. The van der Waals surface area contributed by atoms with Gasteiger partial charge in [0.05, 0.1) is 26.4 Å². The zero-order valence-corrected chi connectivity index (χ0v) is 68.0. The van der Waals surface area contributed by atoms with Crippen LogP contribution in [0, 0.1) is 0 Å². The van der Waals surface area contributed by atoms with E-state index < -0.39 is 97.5 Å². The van der Waals surface area contributed by atoms with Crippen LogP contribution in [0.2, 0.25) is 0 Å². The summed E-state index contributed by atoms with van der Waals surface area (Å²) in [5, 5.41) is 10.6. The number of hydrogen-bond donors (Lipinski definition) is 3. The normalized spacial score (nSPS) is 15.0. The molecule has 0 heterocycles. The molecule has 0 aliphatic rings. The second-order valence-corrected chi connectivity index (χ2v) is 28.4. The Bertz CT molecular complexity index is 2910. The van der Waals surface area contributed by atoms with Crippen molar-refractivity contribution in [3.8, 4) is 0 Å². The molecule has 0 fully saturated rings. The predicted octanol–water partition coefficient (Wildman–Crippen LogP) is 23.7. The van der Waals surface area contributed by atoms with Gasteiger partial charge in [-0.3, -0.25) is 37.3 Å². The fourth-order valence-electron chi connectivity index (χ4n) is 9.49. The molecular weight excluding hydrogens is 1400 g/mol. The first-order valence-corrected chi connectivity index (χ1v) is 43.0. The number of carbonyl (C=O) groups excluding carboxylic acids is 4. The molecule has 0 saturated heterocycles. The lowest BCUT2D eigenvalue weighted by atomic mass is 10.1. The fourth-order valence-corrected chi connectivity index (χ4v) is 11.1. The second kappa shape index (κ2) is 78.5. The van der Waals surface area contributed by atoms with E-state index in [1.807, 2.05) is 6.08 Å². The number of carbonyl (C=O) groups is 4. The molecule has 0 aliphatic heterocycles. The molecule has 0 saturated carbocycles. The molecule has 0 radical (unpaired) electrons. The van der Waals surface area contributed by atoms with Crippen LogP contribution in [0.5, 0.6) is 0 Å². The maximum atomic E-state index is 13.1. The largest absolute Gasteiger partial charge is 0.472 e. The first-order valence-electron chi connectivity index (χ1n) is 40.0. The highest BCUT2D eigenvalue weighted by Gasteiger charge is 2.30. The summed E-state index contributed by atoms with van der Waals surface area (Å²) in [6.45, 7) is 4.20. The van der Waals surface area contributed by atoms with Gasteiger partial charge in [0, 0.05) is 25.7 Å². The highest BCUT2D eigenvalue weighted by atomic mass is 31.2. The lowest BCUT2D eigenvalue weighted by molar-refractivity contribution is -0.161. The SMILES string of the molecule is CC/C=C\C/C=C\C/C=C\C/C=C\C/C=C\CCCCCC(=O)OCC(COP(=O)(O)OCC(O)COP(=O)(O)OCC(COC(=O)CCCC/C=C\C/C=C\C/C=C\C/C=C\CC)OC(=O)CCCC/C=C\C/C=C\C/C=C\C/C=C\CC)OC(=O)CCCCC/C=C\C/C=C\C/C=C\C/C=C\C/C=C\CC. The summed E-state index contributed by atoms with van der Waals surface area (Å²) in [5.74, 6) is -2.38. The van der Waals surface area contributed by atoms with Crippen molar-refractivity contribution in [1.82, 2.24) is 0 Å². The summed E-state index contributed by atoms with van der Waals surface area (Å²) in [7, 11) is -10.0. The monoisotopic (exact) mass is 1540 g/mol. The van der Waals surface area contributed by atoms with Gasteiger partial charge >= 0.3 is 39.5 Å². The van der Waals surface area contributed by atoms with E-state index >= 15 is 0 Å². The van der Waals surface area contributed by atoms with Crippen LogP contribution in [0.3, 0.4) is 0 Å². The van der Waals surface area contributed by atoms with Gasteiger partial charge in [-0.2, -0.15) is 0 Å². The van der Waals surface area contributed by atoms with Gasteiger partial charge in [-0.05, 0) is 193 Å². The lowest BCUT2D eigenvalue weighted by Gasteiger charge is -2.21. The van der Waals surface area contributed by atoms with Crippen LogP contribution < -0.4 is 0 Å². The van der Waals surface area contributed by atoms with E-state index in [4.69, 9.17) is 37.0 Å². The topological polar surface area (TPSA) is 237 Å². The van der Waals surface area contributed by atoms with Crippen LogP contribution >= 0.6 is 15.6 Å². The van der Waals surface area contributed by atoms with Crippen molar-refractivity contribution < 1.29 is 80.2 Å². The van der Waals surface area contributed by atoms with Crippen molar-refractivity contribution in [3.05, 3.63) is 219 Å². The molecule has 5 atom stereocenters. The summed E-state index contributed by atoms with van der Waals surface area (Å²) in [6, 6.07) is 0. The van der Waals surface area contributed by atoms with Crippen molar-refractivity contribution >= 4 is 39.5 Å². The molecule has 0 aliphatic carbocycles. The maximum Gasteiger partial charge on any atom is 0.472 e. The van der Waals surface area contributed by atoms with Gasteiger partial charge in [0.1, 0.15) is 19.3 Å². The number of esters is 4. The number of aliphatic hydroxyl groups is 1. The summed E-state index contributed by atoms with van der Waals surface area (Å²) in [6.07, 6.45) is 99.3. The Morgan fingerprint density at radius 1 is 0.259 bits per heavy atom. The molecular formula is C89H138O17P2. The molecule has 606 valence electrons. The van der Waals surface area contributed by atoms with Crippen molar-refractivity contribution in [1.29, 1.82) is 0 Å². The third kappa shape index (κ3) is 77.5. The lowest BCUT2D eigenvalue weighted by Crippen LogP contribution is -2.30. The average molecular weight is 1540 g/mol. The minimum Gasteiger partial charge on any atom is -0.462 e. The number of phosphoric acid groups is 2. The van der Waals surface area contributed by atoms with Gasteiger partial charge in [-0.25, -0.2) is 9.13 Å². The van der Waals surface area contributed by atoms with Crippen molar-refractivity contribution in [2.24, 2.45) is 0 Å². The molecule has 0 spiro atoms. The van der Waals surface area contributed by atoms with E-state index in [1.165, 1.54) is 0 Å². The molecule has 108 heavy (non-hydrogen) atoms. The maximum absolute atomic E-state index is 13.1. The first-order chi connectivity index (χ1) is 52.7. The molecule has 17 nitrogen and oxygen atoms in total. The third-order valence-corrected chi connectivity index (χ3v) is 17.3. The van der Waals surface area contributed by atoms with Gasteiger partial charge in [0.2, 0.25) is 0 Å². The highest BCUT2D eigenvalue weighted by Crippen LogP contribution is 2.45. The number of phosphoric ester groups is 2. The van der Waals surface area contributed by atoms with Crippen LogP contribution in [0.4, 0.5) is 0 Å². The Balaban J connectivity index is 5.55. The summed E-state index contributed by atoms with van der Waals surface area (Å²) in [5.41, 5.74) is 0. The predicted molar refractivity (Wildman–Crippen MR) is 445 cm³/mol. The molecule has 0 aromatic carbocycles. The smallest absolute Gasteiger partial charge is 0.462 e. The molecule has 0 bridgehead atoms. The number of unbranched alkanes of at least 4 members (excludes halogenated alkanes) is 10. The van der Waals surface area contributed by atoms with Crippen LogP contribution in [0.15, 0.2) is 219 Å². The molecule has 5 unspecified atom stereocenters. The van der Waals surface area contributed by atoms with Gasteiger partial charge in [0.15, 0.2) is 12.2 Å². The fraction of sp³-hybridized carbons (Fsp3) is 0.551. The van der Waals surface area contributed by atoms with Crippen molar-refractivity contribution in [2.45, 2.75) is 277 Å². The van der Waals surface area contributed by atoms with E-state index in [0.717, 1.165) is 173 Å². The zero-order chi connectivity index (χ0) is 78.9. The zero-order valence-electron chi connectivity index (χ0n) is 66.2. The number of aliphatic hydroxyl groups excluding tert-OH is 1. The Morgan fingerprint density at radius 3 is 0.694 bits per heavy atom. The highest BCUT2D eigenvalue weighted by molar-refractivity contribution is 7.47. The molecule has 0 aromatic rings. The summed E-state index contributed by atoms with van der Waals surface area (Å²) < 4.78 is 68.5. The Labute approximate surface area is 651 Å². The van der Waals surface area contributed by atoms with Crippen LogP contribution in [0.25, 0.3) is 0 Å². The van der Waals surface area contributed by atoms with Crippen molar-refractivity contribution in [2.75, 3.05) is 39.6 Å². The van der Waals surface area contributed by atoms with E-state index in [2.05, 4.69) is 240 Å². The van der Waals surface area contributed by atoms with Crippen LogP contribution in [-0.4, -0.2) is 96.7 Å². The van der Waals surface area contributed by atoms with Crippen LogP contribution in [-0.2, 0) is 65.4 Å². The standard InChI is InChI=1S/C89H138O17P2/c1-5-9-13-17-21-25-29-33-37-39-41-43-47-50-54-58-62-66-70-74-87(92)100-80-85(106-89(94)76-72-68-64-60-56-52-48-44-42-40-38-34-30-26-22-18-14-10-6-2)82-104-108(97,98)102-78-83(90)77-101-107(95,96)103-81-84(105-88(93)75-71-67-63-59-55-51-46-36-32-28-24-20-16-12-8-4)79-99-86(91)73-69-65-61-57-53-49-45-35-31-27-23-19-15-11-7-3/h9-16,21-28,33-38,41-46,50,52-57,59,83-85,90H,5-8,17-20,29-32,39-40,47-49,51,58,60-82H2,1-4H3,(H,95,96)(H,97,98)/b13-9-,14-10-,15-11-,16-12-,25-21-,26-22-,27-23-,28-24-,37-33-,38-34-,43-41-,44-42-,45-35-,46-36-,54-50-,56-52-,57-53-,59-55-. The van der Waals surface area contributed by atoms with Gasteiger partial charge in [-0.15, -0.1) is 0 Å². The van der Waals surface area contributed by atoms with Gasteiger partial charge in [0.25, 0.3) is 0 Å². The Hall–Kier alpha value is -6.62. The summed E-state index contributed by atoms with van der Waals surface area (Å²) in [4.78, 5) is 73.1. The molecule has 0 aromatic heterocycles. The Kier molecular flexibility index (Phi) is 73.7. The number of ether oxygens (including phenoxy) is 4. The van der Waals surface area contributed by atoms with E-state index in [0.29, 0.717) is 32.1 Å². The quantitative estimate of drug-likeness (QED) is 0.0169. The van der Waals surface area contributed by atoms with E-state index in [9.17, 15) is 43.2 Å². The minimum atomic E-state index is -5.02. The van der Waals surface area contributed by atoms with E-state index in [1.54, 1.807) is 0 Å². The van der Waals surface area contributed by atoms with Crippen molar-refractivity contribution in [3.63, 3.8) is 0 Å². The molecule has 0 rings (SSSR count).